The molecule has 3 spiro atoms. The van der Waals surface area contributed by atoms with Crippen LogP contribution in [0.2, 0.25) is 24.2 Å². The molecule has 0 saturated carbocycles. The van der Waals surface area contributed by atoms with Gasteiger partial charge in [-0.25, -0.2) is 0 Å². The number of hydrogen-bond acceptors (Lipinski definition) is 0. The molecule has 2 saturated heterocycles. The molecule has 0 aromatic heterocycles. The maximum absolute atomic E-state index is 2.51. The average molecular weight is 989 g/mol. The first-order valence-electron chi connectivity index (χ1n) is 27.6. The minimum atomic E-state index is -1.61. The molecule has 4 aliphatic heterocycles. The van der Waals surface area contributed by atoms with E-state index in [0.29, 0.717) is 0 Å². The first-order chi connectivity index (χ1) is 37.1. The van der Waals surface area contributed by atoms with Gasteiger partial charge in [-0.1, -0.05) is 244 Å². The van der Waals surface area contributed by atoms with Crippen molar-refractivity contribution in [1.29, 1.82) is 0 Å². The molecular weight excluding hydrogens is 933 g/mol. The van der Waals surface area contributed by atoms with Gasteiger partial charge in [0.15, 0.2) is 0 Å². The van der Waals surface area contributed by atoms with Gasteiger partial charge in [-0.3, -0.25) is 0 Å². The van der Waals surface area contributed by atoms with E-state index in [-0.39, 0.29) is 0 Å². The zero-order valence-corrected chi connectivity index (χ0v) is 44.3. The monoisotopic (exact) mass is 988 g/mol. The van der Waals surface area contributed by atoms with Crippen molar-refractivity contribution < 1.29 is 0 Å². The van der Waals surface area contributed by atoms with E-state index in [2.05, 4.69) is 243 Å². The van der Waals surface area contributed by atoms with Gasteiger partial charge in [0.2, 0.25) is 0 Å². The van der Waals surface area contributed by atoms with E-state index in [1.54, 1.807) is 20.7 Å². The summed E-state index contributed by atoms with van der Waals surface area (Å²) in [5, 5.41) is 6.72. The van der Waals surface area contributed by atoms with Crippen LogP contribution in [0, 0.1) is 0 Å². The van der Waals surface area contributed by atoms with Crippen molar-refractivity contribution in [1.82, 2.24) is 0 Å². The minimum absolute atomic E-state index is 0.429. The Labute approximate surface area is 443 Å². The highest BCUT2D eigenvalue weighted by Crippen LogP contribution is 2.63. The lowest BCUT2D eigenvalue weighted by molar-refractivity contribution is 0.793. The summed E-state index contributed by atoms with van der Waals surface area (Å²) < 4.78 is 0. The molecule has 4 heterocycles. The van der Waals surface area contributed by atoms with Crippen LogP contribution in [0.25, 0.3) is 91.1 Å². The van der Waals surface area contributed by atoms with E-state index >= 15 is 0 Å². The van der Waals surface area contributed by atoms with Gasteiger partial charge in [0.1, 0.15) is 16.1 Å². The third-order valence-corrected chi connectivity index (χ3v) is 29.7. The van der Waals surface area contributed by atoms with E-state index in [1.807, 2.05) is 0 Å². The molecule has 75 heavy (non-hydrogen) atoms. The maximum atomic E-state index is 2.51. The largest absolute Gasteiger partial charge is 0.119 e. The summed E-state index contributed by atoms with van der Waals surface area (Å²) in [6.45, 7) is 0. The van der Waals surface area contributed by atoms with Gasteiger partial charge in [0.25, 0.3) is 0 Å². The van der Waals surface area contributed by atoms with E-state index in [0.717, 1.165) is 0 Å². The average Bonchev–Trinajstić information content (AvgIpc) is 4.44. The highest BCUT2D eigenvalue weighted by Gasteiger charge is 2.52. The van der Waals surface area contributed by atoms with E-state index < -0.39 is 21.6 Å². The fourth-order valence-corrected chi connectivity index (χ4v) is 26.9. The van der Waals surface area contributed by atoms with E-state index in [9.17, 15) is 0 Å². The predicted molar refractivity (Wildman–Crippen MR) is 323 cm³/mol. The molecule has 0 bridgehead atoms. The van der Waals surface area contributed by atoms with Crippen molar-refractivity contribution in [3.63, 3.8) is 0 Å². The molecule has 2 fully saturated rings. The molecule has 0 radical (unpaired) electrons. The molecule has 6 aliphatic rings. The molecule has 10 aromatic rings. The summed E-state index contributed by atoms with van der Waals surface area (Å²) in [7, 11) is -3.22. The first-order valence-corrected chi connectivity index (χ1v) is 32.5. The second kappa shape index (κ2) is 16.6. The highest BCUT2D eigenvalue weighted by molar-refractivity contribution is 7.06. The van der Waals surface area contributed by atoms with Gasteiger partial charge in [-0.2, -0.15) is 0 Å². The summed E-state index contributed by atoms with van der Waals surface area (Å²) in [6.07, 6.45) is 14.7. The summed E-state index contributed by atoms with van der Waals surface area (Å²) in [5.74, 6) is 0. The Bertz CT molecular complexity index is 3790. The molecule has 0 amide bonds. The zero-order chi connectivity index (χ0) is 49.3. The summed E-state index contributed by atoms with van der Waals surface area (Å²) in [4.78, 5) is 0. The van der Waals surface area contributed by atoms with Crippen molar-refractivity contribution in [3.05, 3.63) is 263 Å². The Balaban J connectivity index is 0.708. The van der Waals surface area contributed by atoms with Gasteiger partial charge in [0, 0.05) is 0 Å². The van der Waals surface area contributed by atoms with Crippen molar-refractivity contribution in [3.8, 4) is 66.8 Å². The lowest BCUT2D eigenvalue weighted by Crippen LogP contribution is -2.52. The van der Waals surface area contributed by atoms with Gasteiger partial charge < -0.3 is 0 Å². The lowest BCUT2D eigenvalue weighted by atomic mass is 9.70. The van der Waals surface area contributed by atoms with E-state index in [4.69, 9.17) is 0 Å². The molecule has 2 heteroatoms. The summed E-state index contributed by atoms with van der Waals surface area (Å²) in [6, 6.07) is 90.1. The Morgan fingerprint density at radius 2 is 0.587 bits per heavy atom. The Hall–Kier alpha value is -7.89. The van der Waals surface area contributed by atoms with Crippen LogP contribution in [0.1, 0.15) is 70.2 Å². The predicted octanol–water partition coefficient (Wildman–Crippen LogP) is 16.4. The first kappa shape index (κ1) is 43.5. The fourth-order valence-electron chi connectivity index (χ4n) is 15.7. The van der Waals surface area contributed by atoms with Crippen LogP contribution in [0.5, 0.6) is 0 Å². The van der Waals surface area contributed by atoms with Crippen LogP contribution in [0.4, 0.5) is 0 Å². The fraction of sp³-hybridized carbons (Fsp3) is 0.123. The third-order valence-electron chi connectivity index (χ3n) is 19.0. The molecule has 0 nitrogen and oxygen atoms in total. The standard InChI is InChI=1S/C73H56Si2/c1-5-17-65-57(13-1)58-14-2-6-18-66(58)73(65)67-45-51(23-21-49-25-31-53(32-26-49)55-35-39-71-63(47-55)61-15-3-7-19-69(61)74(71)41-9-10-42-74)29-37-59(67)60-38-30-52(46-68(60)73)24-22-50-27-33-54(34-28-50)56-36-40-72-64(48-56)62-16-4-8-20-70(62)75(72)43-11-12-44-75/h1-8,13-40,45-48H,9-12,41-44H2. The highest BCUT2D eigenvalue weighted by atomic mass is 28.3. The Kier molecular flexibility index (Phi) is 9.60. The normalized spacial score (nSPS) is 16.9. The molecular formula is C73H56Si2. The number of rotatable bonds is 6. The number of benzene rings is 10. The summed E-state index contributed by atoms with van der Waals surface area (Å²) in [5.41, 5.74) is 26.3. The maximum Gasteiger partial charge on any atom is 0.119 e. The smallest absolute Gasteiger partial charge is 0.0623 e. The summed E-state index contributed by atoms with van der Waals surface area (Å²) >= 11 is 0. The quantitative estimate of drug-likeness (QED) is 0.115. The number of fused-ring (bicyclic) bond motifs is 20. The number of hydrogen-bond donors (Lipinski definition) is 0. The van der Waals surface area contributed by atoms with Crippen LogP contribution in [0.3, 0.4) is 0 Å². The topological polar surface area (TPSA) is 0 Å². The van der Waals surface area contributed by atoms with Gasteiger partial charge in [0.05, 0.1) is 5.41 Å². The third kappa shape index (κ3) is 6.27. The van der Waals surface area contributed by atoms with Crippen LogP contribution in [0.15, 0.2) is 218 Å². The van der Waals surface area contributed by atoms with Crippen LogP contribution < -0.4 is 20.7 Å². The molecule has 10 aromatic carbocycles. The van der Waals surface area contributed by atoms with Crippen molar-refractivity contribution in [2.45, 2.75) is 55.3 Å². The Morgan fingerprint density at radius 1 is 0.253 bits per heavy atom. The van der Waals surface area contributed by atoms with Crippen LogP contribution >= 0.6 is 0 Å². The lowest BCUT2D eigenvalue weighted by Gasteiger charge is -2.30. The molecule has 356 valence electrons. The van der Waals surface area contributed by atoms with E-state index in [1.165, 1.54) is 161 Å². The van der Waals surface area contributed by atoms with Crippen molar-refractivity contribution in [2.75, 3.05) is 0 Å². The van der Waals surface area contributed by atoms with Crippen molar-refractivity contribution >= 4 is 61.2 Å². The molecule has 2 aliphatic carbocycles. The van der Waals surface area contributed by atoms with Gasteiger partial charge >= 0.3 is 0 Å². The molecule has 0 unspecified atom stereocenters. The van der Waals surface area contributed by atoms with Gasteiger partial charge in [-0.15, -0.1) is 0 Å². The van der Waals surface area contributed by atoms with Crippen LogP contribution in [-0.4, -0.2) is 16.1 Å². The molecule has 16 rings (SSSR count). The minimum Gasteiger partial charge on any atom is -0.0623 e. The second-order valence-electron chi connectivity index (χ2n) is 22.6. The zero-order valence-electron chi connectivity index (χ0n) is 42.3. The molecule has 0 N–H and O–H groups in total. The SMILES string of the molecule is C(=Cc1ccc2c(c1)C1(c3ccccc3-c3ccccc31)c1cc(C=Cc3ccc(-c4ccc5c(c4)-c4ccccc4[Si]54CCCC4)cc3)ccc1-2)c1ccc(-c2ccc3c(c2)-c2ccccc2[Si]32CCCC2)cc1. The molecule has 0 atom stereocenters. The van der Waals surface area contributed by atoms with Crippen molar-refractivity contribution in [2.24, 2.45) is 0 Å². The second-order valence-corrected chi connectivity index (χ2v) is 31.0. The van der Waals surface area contributed by atoms with Crippen LogP contribution in [-0.2, 0) is 5.41 Å². The Morgan fingerprint density at radius 3 is 1.03 bits per heavy atom. The van der Waals surface area contributed by atoms with Gasteiger partial charge in [-0.05, 0) is 180 Å².